The van der Waals surface area contributed by atoms with E-state index in [0.717, 1.165) is 0 Å². The van der Waals surface area contributed by atoms with Gasteiger partial charge in [0.2, 0.25) is 5.91 Å². The second-order valence-electron chi connectivity index (χ2n) is 4.96. The number of aromatic nitrogens is 2. The van der Waals surface area contributed by atoms with Gasteiger partial charge >= 0.3 is 0 Å². The third-order valence-electron chi connectivity index (χ3n) is 3.88. The zero-order valence-corrected chi connectivity index (χ0v) is 11.1. The van der Waals surface area contributed by atoms with E-state index in [2.05, 4.69) is 4.98 Å². The lowest BCUT2D eigenvalue weighted by Crippen LogP contribution is -2.46. The Morgan fingerprint density at radius 2 is 1.79 bits per heavy atom. The Balaban J connectivity index is 2.42. The van der Waals surface area contributed by atoms with Crippen molar-refractivity contribution in [2.45, 2.75) is 25.9 Å². The number of hydrogen-bond acceptors (Lipinski definition) is 3. The maximum absolute atomic E-state index is 12.5. The van der Waals surface area contributed by atoms with Gasteiger partial charge in [-0.2, -0.15) is 0 Å². The second kappa shape index (κ2) is 3.91. The monoisotopic (exact) mass is 257 g/mol. The Labute approximate surface area is 110 Å². The van der Waals surface area contributed by atoms with Gasteiger partial charge in [-0.05, 0) is 26.0 Å². The number of hydrogen-bond donors (Lipinski definition) is 0. The summed E-state index contributed by atoms with van der Waals surface area (Å²) in [5.41, 5.74) is 0.543. The molecule has 3 rings (SSSR count). The largest absolute Gasteiger partial charge is 0.334 e. The van der Waals surface area contributed by atoms with Crippen LogP contribution in [0.3, 0.4) is 0 Å². The highest BCUT2D eigenvalue weighted by molar-refractivity contribution is 5.83. The van der Waals surface area contributed by atoms with Crippen molar-refractivity contribution in [2.24, 2.45) is 0 Å². The maximum Gasteiger partial charge on any atom is 0.262 e. The van der Waals surface area contributed by atoms with E-state index in [1.807, 2.05) is 25.1 Å². The minimum Gasteiger partial charge on any atom is -0.334 e. The zero-order chi connectivity index (χ0) is 13.7. The minimum absolute atomic E-state index is 0.0563. The van der Waals surface area contributed by atoms with Crippen LogP contribution in [0.5, 0.6) is 0 Å². The molecule has 98 valence electrons. The van der Waals surface area contributed by atoms with Gasteiger partial charge in [0.25, 0.3) is 5.56 Å². The van der Waals surface area contributed by atoms with Crippen molar-refractivity contribution in [1.82, 2.24) is 14.5 Å². The van der Waals surface area contributed by atoms with Gasteiger partial charge in [-0.1, -0.05) is 12.1 Å². The number of amides is 1. The fraction of sp³-hybridized carbons (Fsp3) is 0.357. The van der Waals surface area contributed by atoms with Crippen molar-refractivity contribution in [3.63, 3.8) is 0 Å². The Morgan fingerprint density at radius 1 is 1.11 bits per heavy atom. The lowest BCUT2D eigenvalue weighted by atomic mass is 10.1. The number of para-hydroxylation sites is 1. The Hall–Kier alpha value is -2.17. The number of rotatable bonds is 0. The third-order valence-corrected chi connectivity index (χ3v) is 3.88. The molecule has 5 nitrogen and oxygen atoms in total. The first-order valence-electron chi connectivity index (χ1n) is 6.30. The number of nitrogens with zero attached hydrogens (tertiary/aromatic N) is 3. The summed E-state index contributed by atoms with van der Waals surface area (Å²) < 4.78 is 1.52. The van der Waals surface area contributed by atoms with Crippen molar-refractivity contribution in [1.29, 1.82) is 0 Å². The summed E-state index contributed by atoms with van der Waals surface area (Å²) in [6.07, 6.45) is 0. The van der Waals surface area contributed by atoms with Crippen molar-refractivity contribution >= 4 is 16.8 Å². The van der Waals surface area contributed by atoms with Crippen LogP contribution in [0.15, 0.2) is 29.1 Å². The van der Waals surface area contributed by atoms with E-state index in [0.29, 0.717) is 16.7 Å². The molecule has 2 heterocycles. The van der Waals surface area contributed by atoms with Gasteiger partial charge in [0, 0.05) is 7.05 Å². The number of benzene rings is 1. The van der Waals surface area contributed by atoms with Gasteiger partial charge in [-0.15, -0.1) is 0 Å². The molecule has 0 fully saturated rings. The Morgan fingerprint density at radius 3 is 2.53 bits per heavy atom. The smallest absolute Gasteiger partial charge is 0.262 e. The first kappa shape index (κ1) is 11.9. The van der Waals surface area contributed by atoms with E-state index in [-0.39, 0.29) is 17.5 Å². The highest BCUT2D eigenvalue weighted by atomic mass is 16.2. The number of likely N-dealkylation sites (N-methyl/N-ethyl adjacent to an activating group) is 1. The van der Waals surface area contributed by atoms with Crippen LogP contribution in [0.2, 0.25) is 0 Å². The normalized spacial score (nSPS) is 22.7. The summed E-state index contributed by atoms with van der Waals surface area (Å²) >= 11 is 0. The molecule has 5 heteroatoms. The van der Waals surface area contributed by atoms with Gasteiger partial charge < -0.3 is 4.90 Å². The van der Waals surface area contributed by atoms with E-state index in [1.165, 1.54) is 4.57 Å². The van der Waals surface area contributed by atoms with Crippen LogP contribution < -0.4 is 5.56 Å². The summed E-state index contributed by atoms with van der Waals surface area (Å²) in [5, 5.41) is 0.558. The Bertz CT molecular complexity index is 735. The second-order valence-corrected chi connectivity index (χ2v) is 4.96. The molecule has 0 unspecified atom stereocenters. The van der Waals surface area contributed by atoms with Crippen LogP contribution in [0, 0.1) is 0 Å². The molecule has 2 atom stereocenters. The molecular formula is C14H15N3O2. The molecule has 0 saturated carbocycles. The predicted octanol–water partition coefficient (Wildman–Crippen LogP) is 1.49. The predicted molar refractivity (Wildman–Crippen MR) is 71.9 cm³/mol. The van der Waals surface area contributed by atoms with Crippen molar-refractivity contribution < 1.29 is 4.79 Å². The van der Waals surface area contributed by atoms with Gasteiger partial charge in [-0.3, -0.25) is 14.2 Å². The van der Waals surface area contributed by atoms with Gasteiger partial charge in [0.05, 0.1) is 16.9 Å². The van der Waals surface area contributed by atoms with Crippen molar-refractivity contribution in [2.75, 3.05) is 7.05 Å². The molecule has 0 spiro atoms. The fourth-order valence-corrected chi connectivity index (χ4v) is 2.60. The first-order chi connectivity index (χ1) is 9.02. The summed E-state index contributed by atoms with van der Waals surface area (Å²) in [6, 6.07) is 6.55. The third kappa shape index (κ3) is 1.51. The molecule has 19 heavy (non-hydrogen) atoms. The van der Waals surface area contributed by atoms with Crippen LogP contribution in [0.25, 0.3) is 10.9 Å². The van der Waals surface area contributed by atoms with Gasteiger partial charge in [0.1, 0.15) is 11.9 Å². The standard InChI is InChI=1S/C14H15N3O2/c1-8-12-15-11-7-5-4-6-10(11)14(19)17(12)9(2)13(18)16(8)3/h4-9H,1-3H3/t8-,9+/m1/s1. The molecule has 0 aliphatic carbocycles. The van der Waals surface area contributed by atoms with Crippen molar-refractivity contribution in [3.05, 3.63) is 40.4 Å². The molecule has 0 saturated heterocycles. The van der Waals surface area contributed by atoms with Crippen LogP contribution in [0.1, 0.15) is 31.8 Å². The molecule has 1 aliphatic heterocycles. The van der Waals surface area contributed by atoms with Crippen molar-refractivity contribution in [3.8, 4) is 0 Å². The summed E-state index contributed by atoms with van der Waals surface area (Å²) in [7, 11) is 1.74. The molecule has 1 aromatic heterocycles. The topological polar surface area (TPSA) is 55.2 Å². The average Bonchev–Trinajstić information content (AvgIpc) is 2.43. The van der Waals surface area contributed by atoms with Crippen LogP contribution in [0.4, 0.5) is 0 Å². The molecule has 0 bridgehead atoms. The van der Waals surface area contributed by atoms with Crippen LogP contribution >= 0.6 is 0 Å². The number of carbonyl (C=O) groups is 1. The maximum atomic E-state index is 12.5. The lowest BCUT2D eigenvalue weighted by Gasteiger charge is -2.35. The molecule has 1 aromatic carbocycles. The molecular weight excluding hydrogens is 242 g/mol. The SMILES string of the molecule is C[C@@H]1c2nc3ccccc3c(=O)n2[C@@H](C)C(=O)N1C. The molecule has 1 amide bonds. The van der Waals surface area contributed by atoms with Gasteiger partial charge in [-0.25, -0.2) is 4.98 Å². The zero-order valence-electron chi connectivity index (χ0n) is 11.1. The highest BCUT2D eigenvalue weighted by Gasteiger charge is 2.34. The summed E-state index contributed by atoms with van der Waals surface area (Å²) in [4.78, 5) is 30.9. The number of carbonyl (C=O) groups excluding carboxylic acids is 1. The van der Waals surface area contributed by atoms with E-state index < -0.39 is 6.04 Å². The summed E-state index contributed by atoms with van der Waals surface area (Å²) in [5.74, 6) is 0.595. The van der Waals surface area contributed by atoms with Gasteiger partial charge in [0.15, 0.2) is 0 Å². The molecule has 2 aromatic rings. The average molecular weight is 257 g/mol. The van der Waals surface area contributed by atoms with Crippen LogP contribution in [-0.2, 0) is 4.79 Å². The quantitative estimate of drug-likeness (QED) is 0.718. The molecule has 1 aliphatic rings. The van der Waals surface area contributed by atoms with E-state index >= 15 is 0 Å². The molecule has 0 N–H and O–H groups in total. The van der Waals surface area contributed by atoms with E-state index in [1.54, 1.807) is 24.9 Å². The number of fused-ring (bicyclic) bond motifs is 2. The minimum atomic E-state index is -0.499. The first-order valence-corrected chi connectivity index (χ1v) is 6.30. The van der Waals surface area contributed by atoms with E-state index in [4.69, 9.17) is 0 Å². The lowest BCUT2D eigenvalue weighted by molar-refractivity contribution is -0.137. The summed E-state index contributed by atoms with van der Waals surface area (Å²) in [6.45, 7) is 3.63. The van der Waals surface area contributed by atoms with Crippen LogP contribution in [-0.4, -0.2) is 27.4 Å². The van der Waals surface area contributed by atoms with E-state index in [9.17, 15) is 9.59 Å². The Kier molecular flexibility index (Phi) is 2.45. The molecule has 0 radical (unpaired) electrons. The highest BCUT2D eigenvalue weighted by Crippen LogP contribution is 2.28. The fourth-order valence-electron chi connectivity index (χ4n) is 2.60.